The Morgan fingerprint density at radius 2 is 1.86 bits per heavy atom. The molecule has 122 valence electrons. The monoisotopic (exact) mass is 326 g/mol. The standard InChI is InChI=1S/C16H22N2O3.ClH/c1-18-11-7-8-12(18)10-13(9-11)21-16(19)17-14-5-3-4-6-15(14)20-2;/h3-6,11-13H,7-10H2,1-2H3,(H,17,19);1H. The van der Waals surface area contributed by atoms with Gasteiger partial charge in [-0.25, -0.2) is 4.79 Å². The van der Waals surface area contributed by atoms with E-state index < -0.39 is 6.09 Å². The van der Waals surface area contributed by atoms with Gasteiger partial charge in [-0.05, 0) is 32.0 Å². The predicted molar refractivity (Wildman–Crippen MR) is 87.9 cm³/mol. The molecule has 0 saturated carbocycles. The lowest BCUT2D eigenvalue weighted by Crippen LogP contribution is -2.43. The van der Waals surface area contributed by atoms with Crippen LogP contribution in [-0.2, 0) is 4.74 Å². The second-order valence-corrected chi connectivity index (χ2v) is 5.87. The summed E-state index contributed by atoms with van der Waals surface area (Å²) in [6, 6.07) is 8.46. The zero-order valence-corrected chi connectivity index (χ0v) is 13.8. The van der Waals surface area contributed by atoms with Crippen molar-refractivity contribution >= 4 is 24.2 Å². The van der Waals surface area contributed by atoms with Crippen LogP contribution in [-0.4, -0.2) is 43.3 Å². The number of carbonyl (C=O) groups is 1. The van der Waals surface area contributed by atoms with Crippen molar-refractivity contribution in [1.82, 2.24) is 4.90 Å². The Morgan fingerprint density at radius 1 is 1.23 bits per heavy atom. The van der Waals surface area contributed by atoms with Gasteiger partial charge in [-0.15, -0.1) is 12.4 Å². The molecular weight excluding hydrogens is 304 g/mol. The molecule has 2 bridgehead atoms. The summed E-state index contributed by atoms with van der Waals surface area (Å²) in [4.78, 5) is 14.5. The minimum absolute atomic E-state index is 0. The van der Waals surface area contributed by atoms with Crippen molar-refractivity contribution in [2.24, 2.45) is 0 Å². The van der Waals surface area contributed by atoms with E-state index in [0.29, 0.717) is 23.5 Å². The Morgan fingerprint density at radius 3 is 2.50 bits per heavy atom. The van der Waals surface area contributed by atoms with Gasteiger partial charge in [0, 0.05) is 24.9 Å². The van der Waals surface area contributed by atoms with Crippen LogP contribution in [0, 0.1) is 0 Å². The van der Waals surface area contributed by atoms with Gasteiger partial charge in [0.1, 0.15) is 11.9 Å². The van der Waals surface area contributed by atoms with E-state index in [9.17, 15) is 4.79 Å². The molecule has 2 heterocycles. The van der Waals surface area contributed by atoms with E-state index in [0.717, 1.165) is 12.8 Å². The Balaban J connectivity index is 0.00000176. The zero-order chi connectivity index (χ0) is 14.8. The molecule has 6 heteroatoms. The second-order valence-electron chi connectivity index (χ2n) is 5.87. The summed E-state index contributed by atoms with van der Waals surface area (Å²) < 4.78 is 10.8. The molecule has 22 heavy (non-hydrogen) atoms. The number of benzene rings is 1. The number of hydrogen-bond donors (Lipinski definition) is 1. The summed E-state index contributed by atoms with van der Waals surface area (Å²) in [6.45, 7) is 0. The fraction of sp³-hybridized carbons (Fsp3) is 0.562. The largest absolute Gasteiger partial charge is 0.495 e. The summed E-state index contributed by atoms with van der Waals surface area (Å²) in [7, 11) is 3.76. The molecule has 2 atom stereocenters. The van der Waals surface area contributed by atoms with Gasteiger partial charge in [0.05, 0.1) is 12.8 Å². The molecule has 2 unspecified atom stereocenters. The first-order valence-corrected chi connectivity index (χ1v) is 7.50. The van der Waals surface area contributed by atoms with E-state index in [-0.39, 0.29) is 18.5 Å². The predicted octanol–water partition coefficient (Wildman–Crippen LogP) is 3.29. The normalized spacial score (nSPS) is 26.9. The SMILES string of the molecule is COc1ccccc1NC(=O)OC1CC2CCC(C1)N2C.Cl. The molecule has 2 aliphatic heterocycles. The first-order valence-electron chi connectivity index (χ1n) is 7.50. The molecule has 2 saturated heterocycles. The van der Waals surface area contributed by atoms with E-state index in [1.807, 2.05) is 18.2 Å². The minimum Gasteiger partial charge on any atom is -0.495 e. The van der Waals surface area contributed by atoms with E-state index in [1.165, 1.54) is 12.8 Å². The molecule has 1 amide bonds. The fourth-order valence-electron chi connectivity index (χ4n) is 3.50. The summed E-state index contributed by atoms with van der Waals surface area (Å²) in [5.74, 6) is 0.637. The van der Waals surface area contributed by atoms with Crippen LogP contribution >= 0.6 is 12.4 Å². The lowest BCUT2D eigenvalue weighted by Gasteiger charge is -2.35. The first kappa shape index (κ1) is 16.9. The van der Waals surface area contributed by atoms with Gasteiger partial charge < -0.3 is 14.4 Å². The number of nitrogens with one attached hydrogen (secondary N) is 1. The molecule has 0 aliphatic carbocycles. The van der Waals surface area contributed by atoms with Gasteiger partial charge in [0.25, 0.3) is 0 Å². The molecule has 0 aromatic heterocycles. The number of fused-ring (bicyclic) bond motifs is 2. The number of rotatable bonds is 3. The van der Waals surface area contributed by atoms with Gasteiger partial charge in [-0.3, -0.25) is 5.32 Å². The molecule has 1 aromatic rings. The maximum Gasteiger partial charge on any atom is 0.412 e. The number of halogens is 1. The minimum atomic E-state index is -0.395. The summed E-state index contributed by atoms with van der Waals surface area (Å²) >= 11 is 0. The van der Waals surface area contributed by atoms with Crippen molar-refractivity contribution in [1.29, 1.82) is 0 Å². The maximum absolute atomic E-state index is 12.1. The number of hydrogen-bond acceptors (Lipinski definition) is 4. The molecule has 0 radical (unpaired) electrons. The van der Waals surface area contributed by atoms with E-state index in [2.05, 4.69) is 17.3 Å². The number of nitrogens with zero attached hydrogens (tertiary/aromatic N) is 1. The van der Waals surface area contributed by atoms with Crippen LogP contribution in [0.4, 0.5) is 10.5 Å². The zero-order valence-electron chi connectivity index (χ0n) is 13.0. The highest BCUT2D eigenvalue weighted by Gasteiger charge is 2.39. The van der Waals surface area contributed by atoms with Crippen molar-refractivity contribution in [3.05, 3.63) is 24.3 Å². The highest BCUT2D eigenvalue weighted by atomic mass is 35.5. The van der Waals surface area contributed by atoms with E-state index in [1.54, 1.807) is 13.2 Å². The fourth-order valence-corrected chi connectivity index (χ4v) is 3.50. The number of ether oxygens (including phenoxy) is 2. The van der Waals surface area contributed by atoms with Gasteiger partial charge in [-0.2, -0.15) is 0 Å². The van der Waals surface area contributed by atoms with Crippen LogP contribution in [0.5, 0.6) is 5.75 Å². The summed E-state index contributed by atoms with van der Waals surface area (Å²) in [6.07, 6.45) is 3.94. The van der Waals surface area contributed by atoms with Gasteiger partial charge in [0.2, 0.25) is 0 Å². The molecule has 3 rings (SSSR count). The number of carbonyl (C=O) groups excluding carboxylic acids is 1. The van der Waals surface area contributed by atoms with Crippen LogP contribution in [0.25, 0.3) is 0 Å². The van der Waals surface area contributed by atoms with Crippen molar-refractivity contribution in [2.45, 2.75) is 43.9 Å². The average molecular weight is 327 g/mol. The first-order chi connectivity index (χ1) is 10.2. The van der Waals surface area contributed by atoms with Crippen LogP contribution in [0.1, 0.15) is 25.7 Å². The van der Waals surface area contributed by atoms with E-state index >= 15 is 0 Å². The number of piperidine rings is 1. The number of amides is 1. The van der Waals surface area contributed by atoms with Crippen LogP contribution in [0.3, 0.4) is 0 Å². The maximum atomic E-state index is 12.1. The van der Waals surface area contributed by atoms with Gasteiger partial charge in [0.15, 0.2) is 0 Å². The summed E-state index contributed by atoms with van der Waals surface area (Å²) in [5, 5.41) is 2.77. The third-order valence-corrected chi connectivity index (χ3v) is 4.67. The van der Waals surface area contributed by atoms with Gasteiger partial charge >= 0.3 is 6.09 Å². The van der Waals surface area contributed by atoms with Crippen molar-refractivity contribution in [2.75, 3.05) is 19.5 Å². The smallest absolute Gasteiger partial charge is 0.412 e. The topological polar surface area (TPSA) is 50.8 Å². The quantitative estimate of drug-likeness (QED) is 0.926. The molecule has 5 nitrogen and oxygen atoms in total. The Kier molecular flexibility index (Phi) is 5.53. The van der Waals surface area contributed by atoms with Gasteiger partial charge in [-0.1, -0.05) is 12.1 Å². The number of methoxy groups -OCH3 is 1. The van der Waals surface area contributed by atoms with E-state index in [4.69, 9.17) is 9.47 Å². The second kappa shape index (κ2) is 7.20. The Bertz CT molecular complexity index is 512. The average Bonchev–Trinajstić information content (AvgIpc) is 2.70. The molecule has 2 aliphatic rings. The highest BCUT2D eigenvalue weighted by molar-refractivity contribution is 5.86. The third-order valence-electron chi connectivity index (χ3n) is 4.67. The highest BCUT2D eigenvalue weighted by Crippen LogP contribution is 2.35. The molecular formula is C16H23ClN2O3. The number of anilines is 1. The molecule has 1 N–H and O–H groups in total. The van der Waals surface area contributed by atoms with Crippen molar-refractivity contribution < 1.29 is 14.3 Å². The van der Waals surface area contributed by atoms with Crippen LogP contribution in [0.15, 0.2) is 24.3 Å². The number of para-hydroxylation sites is 2. The molecule has 0 spiro atoms. The summed E-state index contributed by atoms with van der Waals surface area (Å²) in [5.41, 5.74) is 0.640. The Labute approximate surface area is 137 Å². The van der Waals surface area contributed by atoms with Crippen LogP contribution < -0.4 is 10.1 Å². The van der Waals surface area contributed by atoms with Crippen LogP contribution in [0.2, 0.25) is 0 Å². The lowest BCUT2D eigenvalue weighted by molar-refractivity contribution is 0.0348. The van der Waals surface area contributed by atoms with Crippen molar-refractivity contribution in [3.8, 4) is 5.75 Å². The molecule has 2 fully saturated rings. The molecule has 1 aromatic carbocycles. The third kappa shape index (κ3) is 3.47. The lowest BCUT2D eigenvalue weighted by atomic mass is 10.0. The Hall–Kier alpha value is -1.46. The van der Waals surface area contributed by atoms with Crippen molar-refractivity contribution in [3.63, 3.8) is 0 Å².